The average Bonchev–Trinajstić information content (AvgIpc) is 2.24. The van der Waals surface area contributed by atoms with Crippen LogP contribution in [0.2, 0.25) is 0 Å². The number of hydrogen-bond donors (Lipinski definition) is 1. The fourth-order valence-electron chi connectivity index (χ4n) is 2.49. The van der Waals surface area contributed by atoms with Crippen LogP contribution in [0.4, 0.5) is 0 Å². The quantitative estimate of drug-likeness (QED) is 0.789. The zero-order valence-corrected chi connectivity index (χ0v) is 11.1. The van der Waals surface area contributed by atoms with Crippen molar-refractivity contribution >= 4 is 0 Å². The van der Waals surface area contributed by atoms with E-state index >= 15 is 0 Å². The largest absolute Gasteiger partial charge is 0.508 e. The number of phenolic OH excluding ortho intramolecular Hbond substituents is 1. The molecule has 1 rings (SSSR count). The summed E-state index contributed by atoms with van der Waals surface area (Å²) >= 11 is 0. The molecule has 0 saturated heterocycles. The van der Waals surface area contributed by atoms with E-state index in [-0.39, 0.29) is 0 Å². The Morgan fingerprint density at radius 3 is 2.12 bits per heavy atom. The van der Waals surface area contributed by atoms with E-state index in [1.807, 2.05) is 6.07 Å². The van der Waals surface area contributed by atoms with E-state index in [1.54, 1.807) is 0 Å². The normalized spacial score (nSPS) is 10.8. The van der Waals surface area contributed by atoms with Gasteiger partial charge in [-0.1, -0.05) is 33.6 Å². The fraction of sp³-hybridized carbons (Fsp3) is 0.600. The molecule has 1 aromatic rings. The van der Waals surface area contributed by atoms with Crippen molar-refractivity contribution in [2.75, 3.05) is 0 Å². The highest BCUT2D eigenvalue weighted by atomic mass is 16.3. The lowest BCUT2D eigenvalue weighted by molar-refractivity contribution is 0.466. The van der Waals surface area contributed by atoms with E-state index in [0.29, 0.717) is 5.75 Å². The minimum Gasteiger partial charge on any atom is -0.508 e. The van der Waals surface area contributed by atoms with Crippen LogP contribution in [-0.2, 0) is 19.3 Å². The number of aryl methyl sites for hydroxylation is 1. The molecular formula is C15H24O. The summed E-state index contributed by atoms with van der Waals surface area (Å²) in [6.07, 6.45) is 5.44. The van der Waals surface area contributed by atoms with E-state index in [1.165, 1.54) is 23.1 Å². The summed E-state index contributed by atoms with van der Waals surface area (Å²) in [6, 6.07) is 1.99. The predicted molar refractivity (Wildman–Crippen MR) is 70.2 cm³/mol. The summed E-state index contributed by atoms with van der Waals surface area (Å²) in [5.74, 6) is 0.489. The summed E-state index contributed by atoms with van der Waals surface area (Å²) in [7, 11) is 0. The smallest absolute Gasteiger partial charge is 0.119 e. The van der Waals surface area contributed by atoms with Crippen LogP contribution >= 0.6 is 0 Å². The molecule has 1 N–H and O–H groups in total. The monoisotopic (exact) mass is 220 g/mol. The molecular weight excluding hydrogens is 196 g/mol. The fourth-order valence-corrected chi connectivity index (χ4v) is 2.49. The SMILES string of the molecule is CCCc1cc(O)c(CC)c(C)c1CCC. The maximum atomic E-state index is 9.99. The van der Waals surface area contributed by atoms with E-state index < -0.39 is 0 Å². The second-order valence-corrected chi connectivity index (χ2v) is 4.49. The van der Waals surface area contributed by atoms with Crippen molar-refractivity contribution in [3.63, 3.8) is 0 Å². The summed E-state index contributed by atoms with van der Waals surface area (Å²) in [4.78, 5) is 0. The van der Waals surface area contributed by atoms with Gasteiger partial charge >= 0.3 is 0 Å². The average molecular weight is 220 g/mol. The van der Waals surface area contributed by atoms with Crippen molar-refractivity contribution in [2.24, 2.45) is 0 Å². The Kier molecular flexibility index (Phi) is 4.85. The zero-order valence-electron chi connectivity index (χ0n) is 11.1. The standard InChI is InChI=1S/C15H24O/c1-5-8-12-10-15(16)13(7-3)11(4)14(12)9-6-2/h10,16H,5-9H2,1-4H3. The Balaban J connectivity index is 3.27. The van der Waals surface area contributed by atoms with E-state index in [9.17, 15) is 5.11 Å². The molecule has 0 spiro atoms. The van der Waals surface area contributed by atoms with Crippen molar-refractivity contribution in [3.05, 3.63) is 28.3 Å². The van der Waals surface area contributed by atoms with E-state index in [0.717, 1.165) is 31.2 Å². The number of phenols is 1. The highest BCUT2D eigenvalue weighted by Crippen LogP contribution is 2.29. The van der Waals surface area contributed by atoms with Crippen molar-refractivity contribution in [3.8, 4) is 5.75 Å². The molecule has 0 atom stereocenters. The van der Waals surface area contributed by atoms with E-state index in [4.69, 9.17) is 0 Å². The Bertz CT molecular complexity index is 353. The molecule has 0 aliphatic carbocycles. The third-order valence-electron chi connectivity index (χ3n) is 3.29. The predicted octanol–water partition coefficient (Wildman–Crippen LogP) is 4.17. The third-order valence-corrected chi connectivity index (χ3v) is 3.29. The summed E-state index contributed by atoms with van der Waals surface area (Å²) in [5, 5.41) is 9.99. The molecule has 90 valence electrons. The van der Waals surface area contributed by atoms with Crippen molar-refractivity contribution in [1.29, 1.82) is 0 Å². The molecule has 0 aliphatic heterocycles. The van der Waals surface area contributed by atoms with Crippen LogP contribution < -0.4 is 0 Å². The summed E-state index contributed by atoms with van der Waals surface area (Å²) in [5.41, 5.74) is 5.26. The van der Waals surface area contributed by atoms with Gasteiger partial charge in [-0.15, -0.1) is 0 Å². The van der Waals surface area contributed by atoms with Gasteiger partial charge in [-0.25, -0.2) is 0 Å². The van der Waals surface area contributed by atoms with Crippen LogP contribution in [-0.4, -0.2) is 5.11 Å². The highest BCUT2D eigenvalue weighted by molar-refractivity contribution is 5.48. The van der Waals surface area contributed by atoms with Crippen LogP contribution in [0.25, 0.3) is 0 Å². The zero-order chi connectivity index (χ0) is 12.1. The molecule has 0 aromatic heterocycles. The number of benzene rings is 1. The molecule has 0 amide bonds. The lowest BCUT2D eigenvalue weighted by Gasteiger charge is -2.16. The molecule has 0 saturated carbocycles. The van der Waals surface area contributed by atoms with Crippen LogP contribution in [0.5, 0.6) is 5.75 Å². The molecule has 16 heavy (non-hydrogen) atoms. The molecule has 0 fully saturated rings. The minimum atomic E-state index is 0.489. The topological polar surface area (TPSA) is 20.2 Å². The molecule has 1 heteroatoms. The van der Waals surface area contributed by atoms with Gasteiger partial charge < -0.3 is 5.11 Å². The first-order valence-corrected chi connectivity index (χ1v) is 6.48. The second kappa shape index (κ2) is 5.93. The second-order valence-electron chi connectivity index (χ2n) is 4.49. The molecule has 0 heterocycles. The van der Waals surface area contributed by atoms with Gasteiger partial charge in [0.15, 0.2) is 0 Å². The van der Waals surface area contributed by atoms with Gasteiger partial charge in [0.1, 0.15) is 5.75 Å². The van der Waals surface area contributed by atoms with Crippen molar-refractivity contribution < 1.29 is 5.11 Å². The Hall–Kier alpha value is -0.980. The van der Waals surface area contributed by atoms with Gasteiger partial charge in [0, 0.05) is 0 Å². The van der Waals surface area contributed by atoms with Crippen LogP contribution in [0.3, 0.4) is 0 Å². The Morgan fingerprint density at radius 2 is 1.62 bits per heavy atom. The molecule has 0 aliphatic rings. The Labute approximate surface area is 99.5 Å². The lowest BCUT2D eigenvalue weighted by Crippen LogP contribution is -2.01. The van der Waals surface area contributed by atoms with Crippen LogP contribution in [0, 0.1) is 6.92 Å². The van der Waals surface area contributed by atoms with Gasteiger partial charge in [-0.05, 0) is 54.5 Å². The molecule has 1 nitrogen and oxygen atoms in total. The van der Waals surface area contributed by atoms with Gasteiger partial charge in [0.2, 0.25) is 0 Å². The molecule has 0 unspecified atom stereocenters. The third kappa shape index (κ3) is 2.58. The van der Waals surface area contributed by atoms with Gasteiger partial charge in [0.05, 0.1) is 0 Å². The summed E-state index contributed by atoms with van der Waals surface area (Å²) < 4.78 is 0. The van der Waals surface area contributed by atoms with Gasteiger partial charge in [-0.2, -0.15) is 0 Å². The van der Waals surface area contributed by atoms with Crippen LogP contribution in [0.1, 0.15) is 55.9 Å². The van der Waals surface area contributed by atoms with Crippen molar-refractivity contribution in [1.82, 2.24) is 0 Å². The minimum absolute atomic E-state index is 0.489. The number of hydrogen-bond acceptors (Lipinski definition) is 1. The Morgan fingerprint density at radius 1 is 1.00 bits per heavy atom. The number of aromatic hydroxyl groups is 1. The highest BCUT2D eigenvalue weighted by Gasteiger charge is 2.12. The van der Waals surface area contributed by atoms with Gasteiger partial charge in [0.25, 0.3) is 0 Å². The summed E-state index contributed by atoms with van der Waals surface area (Å²) in [6.45, 7) is 8.67. The molecule has 0 radical (unpaired) electrons. The lowest BCUT2D eigenvalue weighted by atomic mass is 9.90. The maximum Gasteiger partial charge on any atom is 0.119 e. The first kappa shape index (κ1) is 13.1. The first-order valence-electron chi connectivity index (χ1n) is 6.48. The van der Waals surface area contributed by atoms with Crippen LogP contribution in [0.15, 0.2) is 6.07 Å². The van der Waals surface area contributed by atoms with E-state index in [2.05, 4.69) is 27.7 Å². The van der Waals surface area contributed by atoms with Gasteiger partial charge in [-0.3, -0.25) is 0 Å². The molecule has 0 bridgehead atoms. The van der Waals surface area contributed by atoms with Crippen molar-refractivity contribution in [2.45, 2.75) is 59.8 Å². The number of rotatable bonds is 5. The maximum absolute atomic E-state index is 9.99. The molecule has 1 aromatic carbocycles. The first-order chi connectivity index (χ1) is 7.65.